The van der Waals surface area contributed by atoms with Gasteiger partial charge in [-0.3, -0.25) is 9.59 Å². The Morgan fingerprint density at radius 2 is 2.17 bits per heavy atom. The van der Waals surface area contributed by atoms with Crippen molar-refractivity contribution in [1.29, 1.82) is 0 Å². The lowest BCUT2D eigenvalue weighted by Gasteiger charge is -2.22. The summed E-state index contributed by atoms with van der Waals surface area (Å²) in [6.45, 7) is 2.23. The minimum absolute atomic E-state index is 0.138. The van der Waals surface area contributed by atoms with Crippen molar-refractivity contribution >= 4 is 11.9 Å². The van der Waals surface area contributed by atoms with Crippen LogP contribution in [0.5, 0.6) is 0 Å². The van der Waals surface area contributed by atoms with Crippen LogP contribution < -0.4 is 0 Å². The first-order valence-electron chi connectivity index (χ1n) is 7.56. The van der Waals surface area contributed by atoms with Crippen molar-refractivity contribution in [3.8, 4) is 12.3 Å². The second-order valence-electron chi connectivity index (χ2n) is 5.42. The van der Waals surface area contributed by atoms with Gasteiger partial charge in [-0.05, 0) is 18.9 Å². The number of benzene rings is 1. The van der Waals surface area contributed by atoms with Gasteiger partial charge in [-0.25, -0.2) is 0 Å². The Morgan fingerprint density at radius 1 is 1.43 bits per heavy atom. The van der Waals surface area contributed by atoms with Crippen LogP contribution >= 0.6 is 0 Å². The lowest BCUT2D eigenvalue weighted by Crippen LogP contribution is -2.39. The fourth-order valence-corrected chi connectivity index (χ4v) is 2.72. The van der Waals surface area contributed by atoms with Crippen LogP contribution in [0.2, 0.25) is 0 Å². The Hall–Kier alpha value is -2.32. The molecule has 0 saturated carbocycles. The second kappa shape index (κ2) is 7.80. The minimum Gasteiger partial charge on any atom is -0.465 e. The molecule has 0 N–H and O–H groups in total. The summed E-state index contributed by atoms with van der Waals surface area (Å²) in [6, 6.07) is 9.35. The third-order valence-corrected chi connectivity index (χ3v) is 3.74. The molecule has 1 saturated heterocycles. The van der Waals surface area contributed by atoms with Crippen LogP contribution in [0, 0.1) is 17.8 Å². The van der Waals surface area contributed by atoms with Crippen LogP contribution in [-0.2, 0) is 30.2 Å². The average molecular weight is 316 g/mol. The maximum atomic E-state index is 12.5. The molecule has 1 heterocycles. The van der Waals surface area contributed by atoms with Gasteiger partial charge in [0, 0.05) is 6.42 Å². The topological polar surface area (TPSA) is 61.8 Å². The van der Waals surface area contributed by atoms with E-state index in [1.165, 1.54) is 0 Å². The lowest BCUT2D eigenvalue weighted by molar-refractivity contribution is -0.165. The molecular formula is C18H20O5. The fourth-order valence-electron chi connectivity index (χ4n) is 2.72. The maximum absolute atomic E-state index is 12.5. The molecule has 5 nitrogen and oxygen atoms in total. The minimum atomic E-state index is -1.32. The largest absolute Gasteiger partial charge is 0.465 e. The summed E-state index contributed by atoms with van der Waals surface area (Å²) in [6.07, 6.45) is 5.10. The third-order valence-electron chi connectivity index (χ3n) is 3.74. The summed E-state index contributed by atoms with van der Waals surface area (Å²) in [7, 11) is 0. The smallest absolute Gasteiger partial charge is 0.324 e. The summed E-state index contributed by atoms with van der Waals surface area (Å²) < 4.78 is 15.7. The summed E-state index contributed by atoms with van der Waals surface area (Å²) >= 11 is 0. The van der Waals surface area contributed by atoms with Crippen LogP contribution in [0.4, 0.5) is 0 Å². The van der Waals surface area contributed by atoms with Crippen LogP contribution in [0.15, 0.2) is 30.3 Å². The molecule has 0 radical (unpaired) electrons. The number of hydrogen-bond donors (Lipinski definition) is 0. The molecule has 0 spiro atoms. The predicted molar refractivity (Wildman–Crippen MR) is 83.4 cm³/mol. The summed E-state index contributed by atoms with van der Waals surface area (Å²) in [5, 5.41) is 0. The van der Waals surface area contributed by atoms with Crippen LogP contribution in [-0.4, -0.2) is 37.9 Å². The van der Waals surface area contributed by atoms with E-state index in [0.717, 1.165) is 5.56 Å². The van der Waals surface area contributed by atoms with E-state index < -0.39 is 23.5 Å². The summed E-state index contributed by atoms with van der Waals surface area (Å²) in [4.78, 5) is 24.9. The molecule has 0 aliphatic carbocycles. The van der Waals surface area contributed by atoms with Gasteiger partial charge in [-0.1, -0.05) is 36.3 Å². The molecule has 2 atom stereocenters. The molecule has 1 fully saturated rings. The molecule has 5 heteroatoms. The zero-order valence-electron chi connectivity index (χ0n) is 13.1. The Kier molecular flexibility index (Phi) is 5.78. The predicted octanol–water partition coefficient (Wildman–Crippen LogP) is 1.74. The zero-order valence-corrected chi connectivity index (χ0v) is 13.1. The first kappa shape index (κ1) is 17.0. The Balaban J connectivity index is 2.19. The van der Waals surface area contributed by atoms with E-state index in [1.54, 1.807) is 6.92 Å². The highest BCUT2D eigenvalue weighted by Gasteiger charge is 2.56. The number of ether oxygens (including phenoxy) is 3. The highest BCUT2D eigenvalue weighted by Crippen LogP contribution is 2.39. The lowest BCUT2D eigenvalue weighted by atomic mass is 9.79. The van der Waals surface area contributed by atoms with E-state index in [9.17, 15) is 9.59 Å². The zero-order chi connectivity index (χ0) is 16.7. The van der Waals surface area contributed by atoms with Crippen molar-refractivity contribution in [3.05, 3.63) is 35.9 Å². The fraction of sp³-hybridized carbons (Fsp3) is 0.444. The van der Waals surface area contributed by atoms with Crippen molar-refractivity contribution in [2.75, 3.05) is 19.8 Å². The highest BCUT2D eigenvalue weighted by atomic mass is 16.6. The van der Waals surface area contributed by atoms with Crippen molar-refractivity contribution in [2.45, 2.75) is 25.9 Å². The first-order valence-corrected chi connectivity index (χ1v) is 7.56. The number of hydrogen-bond acceptors (Lipinski definition) is 5. The second-order valence-corrected chi connectivity index (χ2v) is 5.42. The molecule has 2 rings (SSSR count). The van der Waals surface area contributed by atoms with Gasteiger partial charge in [0.25, 0.3) is 0 Å². The first-order chi connectivity index (χ1) is 11.1. The highest BCUT2D eigenvalue weighted by molar-refractivity contribution is 6.01. The Bertz CT molecular complexity index is 589. The molecule has 1 aliphatic rings. The van der Waals surface area contributed by atoms with E-state index >= 15 is 0 Å². The molecule has 23 heavy (non-hydrogen) atoms. The van der Waals surface area contributed by atoms with Crippen molar-refractivity contribution in [1.82, 2.24) is 0 Å². The Morgan fingerprint density at radius 3 is 2.83 bits per heavy atom. The summed E-state index contributed by atoms with van der Waals surface area (Å²) in [5.74, 6) is 1.24. The van der Waals surface area contributed by atoms with Crippen LogP contribution in [0.1, 0.15) is 18.9 Å². The van der Waals surface area contributed by atoms with Crippen molar-refractivity contribution in [3.63, 3.8) is 0 Å². The number of esters is 2. The van der Waals surface area contributed by atoms with E-state index in [4.69, 9.17) is 20.6 Å². The van der Waals surface area contributed by atoms with Gasteiger partial charge in [-0.2, -0.15) is 0 Å². The number of carbonyl (C=O) groups is 2. The number of terminal acetylenes is 1. The summed E-state index contributed by atoms with van der Waals surface area (Å²) in [5.41, 5.74) is -0.440. The molecule has 0 aromatic heterocycles. The number of cyclic esters (lactones) is 1. The molecule has 122 valence electrons. The molecular weight excluding hydrogens is 296 g/mol. The van der Waals surface area contributed by atoms with Gasteiger partial charge in [0.1, 0.15) is 12.7 Å². The molecule has 0 bridgehead atoms. The van der Waals surface area contributed by atoms with Crippen LogP contribution in [0.3, 0.4) is 0 Å². The SMILES string of the molecule is C#CCOCC1CC(Cc2ccccc2)(C(=O)OCC)C(=O)O1. The van der Waals surface area contributed by atoms with Gasteiger partial charge in [0.15, 0.2) is 5.41 Å². The van der Waals surface area contributed by atoms with E-state index in [2.05, 4.69) is 5.92 Å². The van der Waals surface area contributed by atoms with Gasteiger partial charge >= 0.3 is 11.9 Å². The van der Waals surface area contributed by atoms with Gasteiger partial charge in [0.05, 0.1) is 13.2 Å². The third kappa shape index (κ3) is 3.91. The van der Waals surface area contributed by atoms with Gasteiger partial charge in [0.2, 0.25) is 0 Å². The molecule has 1 aliphatic heterocycles. The maximum Gasteiger partial charge on any atom is 0.324 e. The van der Waals surface area contributed by atoms with E-state index in [-0.39, 0.29) is 32.7 Å². The van der Waals surface area contributed by atoms with E-state index in [1.807, 2.05) is 30.3 Å². The van der Waals surface area contributed by atoms with Gasteiger partial charge < -0.3 is 14.2 Å². The standard InChI is InChI=1S/C18H20O5/c1-3-10-21-13-15-12-18(17(20)23-15,16(19)22-4-2)11-14-8-6-5-7-9-14/h1,5-9,15H,4,10-13H2,2H3. The Labute approximate surface area is 135 Å². The normalized spacial score (nSPS) is 23.1. The van der Waals surface area contributed by atoms with E-state index in [0.29, 0.717) is 0 Å². The van der Waals surface area contributed by atoms with Crippen LogP contribution in [0.25, 0.3) is 0 Å². The molecule has 1 aromatic carbocycles. The monoisotopic (exact) mass is 316 g/mol. The van der Waals surface area contributed by atoms with Gasteiger partial charge in [-0.15, -0.1) is 6.42 Å². The average Bonchev–Trinajstić information content (AvgIpc) is 2.86. The molecule has 0 amide bonds. The number of rotatable bonds is 7. The van der Waals surface area contributed by atoms with Crippen molar-refractivity contribution in [2.24, 2.45) is 5.41 Å². The quantitative estimate of drug-likeness (QED) is 0.332. The molecule has 2 unspecified atom stereocenters. The molecule has 1 aromatic rings. The van der Waals surface area contributed by atoms with Crippen molar-refractivity contribution < 1.29 is 23.8 Å². The number of carbonyl (C=O) groups excluding carboxylic acids is 2.